The van der Waals surface area contributed by atoms with Gasteiger partial charge in [0.15, 0.2) is 0 Å². The summed E-state index contributed by atoms with van der Waals surface area (Å²) in [5, 5.41) is 0. The molecule has 0 unspecified atom stereocenters. The van der Waals surface area contributed by atoms with E-state index in [4.69, 9.17) is 10.5 Å². The van der Waals surface area contributed by atoms with Gasteiger partial charge < -0.3 is 15.4 Å². The number of nitrogens with zero attached hydrogens (tertiary/aromatic N) is 1. The van der Waals surface area contributed by atoms with Gasteiger partial charge in [-0.15, -0.1) is 0 Å². The van der Waals surface area contributed by atoms with E-state index in [9.17, 15) is 0 Å². The van der Waals surface area contributed by atoms with Crippen molar-refractivity contribution >= 4 is 11.4 Å². The molecule has 0 spiro atoms. The van der Waals surface area contributed by atoms with Crippen LogP contribution < -0.4 is 15.4 Å². The molecule has 1 fully saturated rings. The van der Waals surface area contributed by atoms with Gasteiger partial charge in [0.2, 0.25) is 0 Å². The highest BCUT2D eigenvalue weighted by atomic mass is 16.5. The minimum atomic E-state index is 0.175. The van der Waals surface area contributed by atoms with Gasteiger partial charge in [-0.2, -0.15) is 0 Å². The molecule has 3 heteroatoms. The monoisotopic (exact) mass is 290 g/mol. The minimum absolute atomic E-state index is 0.175. The zero-order valence-corrected chi connectivity index (χ0v) is 14.0. The summed E-state index contributed by atoms with van der Waals surface area (Å²) in [6.45, 7) is 11.0. The number of piperidine rings is 1. The second kappa shape index (κ2) is 6.59. The molecule has 0 aliphatic carbocycles. The largest absolute Gasteiger partial charge is 0.491 e. The van der Waals surface area contributed by atoms with Crippen LogP contribution in [-0.2, 0) is 0 Å². The molecule has 2 N–H and O–H groups in total. The third kappa shape index (κ3) is 3.84. The molecule has 1 aliphatic heterocycles. The van der Waals surface area contributed by atoms with Crippen molar-refractivity contribution in [3.63, 3.8) is 0 Å². The Morgan fingerprint density at radius 3 is 2.29 bits per heavy atom. The van der Waals surface area contributed by atoms with Gasteiger partial charge in [0.05, 0.1) is 6.10 Å². The highest BCUT2D eigenvalue weighted by Crippen LogP contribution is 2.39. The van der Waals surface area contributed by atoms with E-state index in [0.717, 1.165) is 24.5 Å². The molecule has 0 saturated carbocycles. The Bertz CT molecular complexity index is 456. The van der Waals surface area contributed by atoms with Gasteiger partial charge in [0, 0.05) is 36.6 Å². The zero-order chi connectivity index (χ0) is 15.5. The number of hydrogen-bond donors (Lipinski definition) is 1. The number of nitrogens with two attached hydrogens (primary N) is 1. The number of anilines is 2. The molecule has 0 amide bonds. The van der Waals surface area contributed by atoms with Crippen LogP contribution in [0.4, 0.5) is 11.4 Å². The van der Waals surface area contributed by atoms with Crippen molar-refractivity contribution in [2.24, 2.45) is 5.41 Å². The average molecular weight is 290 g/mol. The van der Waals surface area contributed by atoms with E-state index in [1.807, 2.05) is 19.9 Å². The van der Waals surface area contributed by atoms with Crippen molar-refractivity contribution in [2.45, 2.75) is 59.5 Å². The van der Waals surface area contributed by atoms with Gasteiger partial charge in [-0.05, 0) is 38.2 Å². The summed E-state index contributed by atoms with van der Waals surface area (Å²) in [6, 6.07) is 6.11. The van der Waals surface area contributed by atoms with Crippen LogP contribution in [0.15, 0.2) is 18.2 Å². The van der Waals surface area contributed by atoms with Crippen molar-refractivity contribution in [1.29, 1.82) is 0 Å². The van der Waals surface area contributed by atoms with Crippen molar-refractivity contribution < 1.29 is 4.74 Å². The van der Waals surface area contributed by atoms with E-state index in [1.165, 1.54) is 31.4 Å². The summed E-state index contributed by atoms with van der Waals surface area (Å²) in [7, 11) is 0. The first-order chi connectivity index (χ1) is 9.98. The van der Waals surface area contributed by atoms with Crippen molar-refractivity contribution in [1.82, 2.24) is 0 Å². The van der Waals surface area contributed by atoms with E-state index in [1.54, 1.807) is 0 Å². The second-order valence-corrected chi connectivity index (χ2v) is 6.62. The Morgan fingerprint density at radius 1 is 1.14 bits per heavy atom. The third-order valence-electron chi connectivity index (χ3n) is 4.97. The summed E-state index contributed by atoms with van der Waals surface area (Å²) in [5.41, 5.74) is 8.57. The Labute approximate surface area is 129 Å². The highest BCUT2D eigenvalue weighted by Gasteiger charge is 2.31. The first-order valence-corrected chi connectivity index (χ1v) is 8.30. The van der Waals surface area contributed by atoms with Gasteiger partial charge in [-0.25, -0.2) is 0 Å². The Morgan fingerprint density at radius 2 is 1.76 bits per heavy atom. The number of nitrogen functional groups attached to an aromatic ring is 1. The maximum absolute atomic E-state index is 6.04. The predicted molar refractivity (Wildman–Crippen MR) is 91.1 cm³/mol. The number of rotatable bonds is 5. The molecule has 0 atom stereocenters. The standard InChI is InChI=1S/C18H30N2O/c1-5-18(6-2)7-9-20(10-8-18)16-11-15(19)12-17(13-16)21-14(3)4/h11-14H,5-10,19H2,1-4H3. The van der Waals surface area contributed by atoms with Gasteiger partial charge in [0.25, 0.3) is 0 Å². The molecule has 0 bridgehead atoms. The first kappa shape index (κ1) is 16.0. The van der Waals surface area contributed by atoms with Crippen LogP contribution in [0, 0.1) is 5.41 Å². The lowest BCUT2D eigenvalue weighted by molar-refractivity contribution is 0.199. The number of hydrogen-bond acceptors (Lipinski definition) is 3. The maximum Gasteiger partial charge on any atom is 0.123 e. The fraction of sp³-hybridized carbons (Fsp3) is 0.667. The minimum Gasteiger partial charge on any atom is -0.491 e. The lowest BCUT2D eigenvalue weighted by Crippen LogP contribution is -2.39. The van der Waals surface area contributed by atoms with Gasteiger partial charge in [0.1, 0.15) is 5.75 Å². The molecule has 1 aromatic rings. The topological polar surface area (TPSA) is 38.5 Å². The Kier molecular flexibility index (Phi) is 5.02. The summed E-state index contributed by atoms with van der Waals surface area (Å²) >= 11 is 0. The summed E-state index contributed by atoms with van der Waals surface area (Å²) in [5.74, 6) is 0.878. The van der Waals surface area contributed by atoms with Crippen LogP contribution >= 0.6 is 0 Å². The van der Waals surface area contributed by atoms with E-state index >= 15 is 0 Å². The molecule has 3 nitrogen and oxygen atoms in total. The lowest BCUT2D eigenvalue weighted by atomic mass is 9.74. The second-order valence-electron chi connectivity index (χ2n) is 6.62. The van der Waals surface area contributed by atoms with Gasteiger partial charge >= 0.3 is 0 Å². The molecule has 1 saturated heterocycles. The average Bonchev–Trinajstić information content (AvgIpc) is 2.46. The Balaban J connectivity index is 2.11. The van der Waals surface area contributed by atoms with Crippen LogP contribution in [0.3, 0.4) is 0 Å². The van der Waals surface area contributed by atoms with Crippen LogP contribution in [0.2, 0.25) is 0 Å². The Hall–Kier alpha value is -1.38. The summed E-state index contributed by atoms with van der Waals surface area (Å²) < 4.78 is 5.80. The molecule has 0 aromatic heterocycles. The quantitative estimate of drug-likeness (QED) is 0.814. The molecule has 21 heavy (non-hydrogen) atoms. The maximum atomic E-state index is 6.04. The molecule has 0 radical (unpaired) electrons. The van der Waals surface area contributed by atoms with Crippen molar-refractivity contribution in [3.8, 4) is 5.75 Å². The van der Waals surface area contributed by atoms with Crippen LogP contribution in [0.5, 0.6) is 5.75 Å². The van der Waals surface area contributed by atoms with Crippen molar-refractivity contribution in [2.75, 3.05) is 23.7 Å². The van der Waals surface area contributed by atoms with Crippen LogP contribution in [-0.4, -0.2) is 19.2 Å². The summed E-state index contributed by atoms with van der Waals surface area (Å²) in [6.07, 6.45) is 5.30. The molecular formula is C18H30N2O. The first-order valence-electron chi connectivity index (χ1n) is 8.30. The lowest BCUT2D eigenvalue weighted by Gasteiger charge is -2.42. The van der Waals surface area contributed by atoms with Gasteiger partial charge in [-0.3, -0.25) is 0 Å². The van der Waals surface area contributed by atoms with E-state index in [-0.39, 0.29) is 6.10 Å². The molecule has 118 valence electrons. The van der Waals surface area contributed by atoms with E-state index in [2.05, 4.69) is 30.9 Å². The highest BCUT2D eigenvalue weighted by molar-refractivity contribution is 5.60. The molecule has 1 aromatic carbocycles. The van der Waals surface area contributed by atoms with Gasteiger partial charge in [-0.1, -0.05) is 26.7 Å². The van der Waals surface area contributed by atoms with Crippen molar-refractivity contribution in [3.05, 3.63) is 18.2 Å². The number of ether oxygens (including phenoxy) is 1. The predicted octanol–water partition coefficient (Wildman–Crippen LogP) is 4.46. The van der Waals surface area contributed by atoms with E-state index in [0.29, 0.717) is 5.41 Å². The summed E-state index contributed by atoms with van der Waals surface area (Å²) in [4.78, 5) is 2.45. The molecule has 2 rings (SSSR count). The molecular weight excluding hydrogens is 260 g/mol. The fourth-order valence-corrected chi connectivity index (χ4v) is 3.32. The van der Waals surface area contributed by atoms with Crippen LogP contribution in [0.1, 0.15) is 53.4 Å². The molecule has 1 aliphatic rings. The zero-order valence-electron chi connectivity index (χ0n) is 14.0. The number of benzene rings is 1. The van der Waals surface area contributed by atoms with Crippen LogP contribution in [0.25, 0.3) is 0 Å². The molecule has 1 heterocycles. The fourth-order valence-electron chi connectivity index (χ4n) is 3.32. The SMILES string of the molecule is CCC1(CC)CCN(c2cc(N)cc(OC(C)C)c2)CC1. The normalized spacial score (nSPS) is 18.0. The smallest absolute Gasteiger partial charge is 0.123 e. The van der Waals surface area contributed by atoms with E-state index < -0.39 is 0 Å². The third-order valence-corrected chi connectivity index (χ3v) is 4.97.